The first kappa shape index (κ1) is 22.4. The topological polar surface area (TPSA) is 110 Å². The maximum atomic E-state index is 12.6. The molecule has 0 saturated carbocycles. The molecule has 0 unspecified atom stereocenters. The molecule has 0 spiro atoms. The number of sulfonamides is 1. The number of halogens is 2. The highest BCUT2D eigenvalue weighted by atomic mass is 35.5. The van der Waals surface area contributed by atoms with Crippen LogP contribution in [0.2, 0.25) is 10.0 Å². The quantitative estimate of drug-likeness (QED) is 0.485. The van der Waals surface area contributed by atoms with E-state index in [9.17, 15) is 13.2 Å². The Morgan fingerprint density at radius 3 is 2.47 bits per heavy atom. The van der Waals surface area contributed by atoms with Crippen LogP contribution in [0.1, 0.15) is 28.9 Å². The molecule has 1 aromatic heterocycles. The van der Waals surface area contributed by atoms with Gasteiger partial charge in [-0.05, 0) is 42.8 Å². The lowest BCUT2D eigenvalue weighted by Crippen LogP contribution is -2.26. The van der Waals surface area contributed by atoms with Crippen LogP contribution in [-0.4, -0.2) is 31.6 Å². The maximum Gasteiger partial charge on any atom is 0.270 e. The first-order chi connectivity index (χ1) is 14.2. The molecule has 0 fully saturated rings. The van der Waals surface area contributed by atoms with E-state index in [-0.39, 0.29) is 20.1 Å². The summed E-state index contributed by atoms with van der Waals surface area (Å²) in [5.74, 6) is 0.107. The van der Waals surface area contributed by atoms with Gasteiger partial charge in [-0.3, -0.25) is 10.1 Å². The molecule has 2 aromatic carbocycles. The standard InChI is InChI=1S/C18H16Cl2N4O4S2/c1-10(11-3-6-13(28-2)7-4-11)24-30(26,27)18-23-22-17(29-18)21-16(25)14-8-5-12(19)9-15(14)20/h3-10,24H,1-2H3,(H,21,22,25)/t10-/m1/s1. The molecule has 3 rings (SSSR count). The molecule has 30 heavy (non-hydrogen) atoms. The summed E-state index contributed by atoms with van der Waals surface area (Å²) in [5, 5.41) is 10.4. The monoisotopic (exact) mass is 486 g/mol. The van der Waals surface area contributed by atoms with Crippen molar-refractivity contribution >= 4 is 55.6 Å². The zero-order valence-electron chi connectivity index (χ0n) is 15.7. The Morgan fingerprint density at radius 2 is 1.83 bits per heavy atom. The van der Waals surface area contributed by atoms with E-state index in [0.717, 1.165) is 16.9 Å². The van der Waals surface area contributed by atoms with Crippen molar-refractivity contribution in [2.75, 3.05) is 12.4 Å². The molecule has 3 aromatic rings. The predicted molar refractivity (Wildman–Crippen MR) is 116 cm³/mol. The van der Waals surface area contributed by atoms with Crippen LogP contribution in [0.25, 0.3) is 0 Å². The minimum Gasteiger partial charge on any atom is -0.497 e. The molecule has 1 heterocycles. The second-order valence-corrected chi connectivity index (χ2v) is 9.78. The minimum atomic E-state index is -3.95. The number of anilines is 1. The van der Waals surface area contributed by atoms with Gasteiger partial charge in [0.15, 0.2) is 0 Å². The normalized spacial score (nSPS) is 12.4. The number of hydrogen-bond acceptors (Lipinski definition) is 7. The van der Waals surface area contributed by atoms with E-state index in [1.807, 2.05) is 0 Å². The molecule has 2 N–H and O–H groups in total. The predicted octanol–water partition coefficient (Wildman–Crippen LogP) is 4.15. The molecule has 0 aliphatic carbocycles. The molecular formula is C18H16Cl2N4O4S2. The number of carbonyl (C=O) groups excluding carboxylic acids is 1. The van der Waals surface area contributed by atoms with Crippen molar-refractivity contribution in [2.45, 2.75) is 17.3 Å². The van der Waals surface area contributed by atoms with Crippen molar-refractivity contribution in [1.29, 1.82) is 0 Å². The highest BCUT2D eigenvalue weighted by molar-refractivity contribution is 7.91. The highest BCUT2D eigenvalue weighted by Gasteiger charge is 2.24. The van der Waals surface area contributed by atoms with Gasteiger partial charge in [0, 0.05) is 11.1 Å². The first-order valence-corrected chi connectivity index (χ1v) is 11.5. The summed E-state index contributed by atoms with van der Waals surface area (Å²) in [6, 6.07) is 10.9. The van der Waals surface area contributed by atoms with Crippen molar-refractivity contribution in [3.05, 3.63) is 63.6 Å². The van der Waals surface area contributed by atoms with Gasteiger partial charge in [-0.2, -0.15) is 0 Å². The summed E-state index contributed by atoms with van der Waals surface area (Å²) in [4.78, 5) is 12.3. The van der Waals surface area contributed by atoms with Crippen molar-refractivity contribution in [2.24, 2.45) is 0 Å². The number of ether oxygens (including phenoxy) is 1. The number of carbonyl (C=O) groups is 1. The Labute approximate surface area is 187 Å². The molecule has 8 nitrogen and oxygen atoms in total. The molecule has 0 saturated heterocycles. The summed E-state index contributed by atoms with van der Waals surface area (Å²) in [6.07, 6.45) is 0. The third-order valence-electron chi connectivity index (χ3n) is 3.98. The molecule has 0 aliphatic rings. The van der Waals surface area contributed by atoms with Gasteiger partial charge in [0.2, 0.25) is 9.47 Å². The van der Waals surface area contributed by atoms with Gasteiger partial charge in [-0.1, -0.05) is 46.7 Å². The fourth-order valence-electron chi connectivity index (χ4n) is 2.45. The van der Waals surface area contributed by atoms with Crippen LogP contribution in [0.15, 0.2) is 46.8 Å². The van der Waals surface area contributed by atoms with Crippen LogP contribution in [0.5, 0.6) is 5.75 Å². The number of hydrogen-bond donors (Lipinski definition) is 2. The van der Waals surface area contributed by atoms with Crippen LogP contribution >= 0.6 is 34.5 Å². The van der Waals surface area contributed by atoms with Gasteiger partial charge in [0.25, 0.3) is 15.9 Å². The third kappa shape index (κ3) is 5.27. The van der Waals surface area contributed by atoms with E-state index >= 15 is 0 Å². The van der Waals surface area contributed by atoms with E-state index < -0.39 is 22.0 Å². The molecular weight excluding hydrogens is 471 g/mol. The zero-order valence-corrected chi connectivity index (χ0v) is 18.9. The minimum absolute atomic E-state index is 0.0171. The highest BCUT2D eigenvalue weighted by Crippen LogP contribution is 2.25. The Bertz CT molecular complexity index is 1170. The fourth-order valence-corrected chi connectivity index (χ4v) is 5.09. The largest absolute Gasteiger partial charge is 0.497 e. The van der Waals surface area contributed by atoms with Gasteiger partial charge >= 0.3 is 0 Å². The molecule has 1 amide bonds. The summed E-state index contributed by atoms with van der Waals surface area (Å²) >= 11 is 12.6. The number of nitrogens with zero attached hydrogens (tertiary/aromatic N) is 2. The molecule has 12 heteroatoms. The van der Waals surface area contributed by atoms with Crippen LogP contribution < -0.4 is 14.8 Å². The van der Waals surface area contributed by atoms with Crippen molar-refractivity contribution < 1.29 is 17.9 Å². The first-order valence-electron chi connectivity index (χ1n) is 8.46. The lowest BCUT2D eigenvalue weighted by Gasteiger charge is -2.13. The van der Waals surface area contributed by atoms with Gasteiger partial charge in [-0.25, -0.2) is 13.1 Å². The molecule has 158 valence electrons. The maximum absolute atomic E-state index is 12.6. The molecule has 0 aliphatic heterocycles. The number of aromatic nitrogens is 2. The van der Waals surface area contributed by atoms with Gasteiger partial charge in [0.05, 0.1) is 17.7 Å². The Balaban J connectivity index is 1.71. The second-order valence-electron chi connectivity index (χ2n) is 6.07. The molecule has 1 atom stereocenters. The van der Waals surface area contributed by atoms with Crippen molar-refractivity contribution in [1.82, 2.24) is 14.9 Å². The Hall–Kier alpha value is -2.24. The number of benzene rings is 2. The van der Waals surface area contributed by atoms with E-state index in [4.69, 9.17) is 27.9 Å². The number of amides is 1. The average Bonchev–Trinajstić information content (AvgIpc) is 3.17. The number of nitrogens with one attached hydrogen (secondary N) is 2. The third-order valence-corrected chi connectivity index (χ3v) is 7.27. The van der Waals surface area contributed by atoms with E-state index in [1.54, 1.807) is 38.3 Å². The van der Waals surface area contributed by atoms with Crippen molar-refractivity contribution in [3.8, 4) is 5.75 Å². The van der Waals surface area contributed by atoms with Crippen LogP contribution in [0, 0.1) is 0 Å². The number of rotatable bonds is 7. The van der Waals surface area contributed by atoms with Gasteiger partial charge in [0.1, 0.15) is 5.75 Å². The lowest BCUT2D eigenvalue weighted by molar-refractivity contribution is 0.102. The van der Waals surface area contributed by atoms with Crippen LogP contribution in [-0.2, 0) is 10.0 Å². The smallest absolute Gasteiger partial charge is 0.270 e. The lowest BCUT2D eigenvalue weighted by atomic mass is 10.1. The Kier molecular flexibility index (Phi) is 6.94. The summed E-state index contributed by atoms with van der Waals surface area (Å²) in [6.45, 7) is 1.70. The SMILES string of the molecule is COc1ccc([C@@H](C)NS(=O)(=O)c2nnc(NC(=O)c3ccc(Cl)cc3Cl)s2)cc1. The second kappa shape index (κ2) is 9.27. The summed E-state index contributed by atoms with van der Waals surface area (Å²) in [7, 11) is -2.40. The zero-order chi connectivity index (χ0) is 21.9. The van der Waals surface area contributed by atoms with Crippen molar-refractivity contribution in [3.63, 3.8) is 0 Å². The Morgan fingerprint density at radius 1 is 1.13 bits per heavy atom. The molecule has 0 bridgehead atoms. The van der Waals surface area contributed by atoms with Crippen LogP contribution in [0.3, 0.4) is 0 Å². The van der Waals surface area contributed by atoms with Crippen LogP contribution in [0.4, 0.5) is 5.13 Å². The number of methoxy groups -OCH3 is 1. The van der Waals surface area contributed by atoms with Gasteiger partial charge in [-0.15, -0.1) is 10.2 Å². The van der Waals surface area contributed by atoms with E-state index in [1.165, 1.54) is 18.2 Å². The van der Waals surface area contributed by atoms with Gasteiger partial charge < -0.3 is 4.74 Å². The van der Waals surface area contributed by atoms with E-state index in [2.05, 4.69) is 20.2 Å². The summed E-state index contributed by atoms with van der Waals surface area (Å²) in [5.41, 5.74) is 0.918. The molecule has 0 radical (unpaired) electrons. The van der Waals surface area contributed by atoms with E-state index in [0.29, 0.717) is 10.8 Å². The average molecular weight is 487 g/mol. The summed E-state index contributed by atoms with van der Waals surface area (Å²) < 4.78 is 32.6. The fraction of sp³-hybridized carbons (Fsp3) is 0.167.